The predicted molar refractivity (Wildman–Crippen MR) is 86.5 cm³/mol. The molecular formula is C15H20N4OS. The summed E-state index contributed by atoms with van der Waals surface area (Å²) in [5.74, 6) is 0. The maximum atomic E-state index is 11.8. The first kappa shape index (κ1) is 15.5. The summed E-state index contributed by atoms with van der Waals surface area (Å²) in [7, 11) is 0. The molecule has 3 N–H and O–H groups in total. The second-order valence-electron chi connectivity index (χ2n) is 4.69. The van der Waals surface area contributed by atoms with Crippen LogP contribution in [-0.2, 0) is 6.54 Å². The Kier molecular flexibility index (Phi) is 5.71. The molecular weight excluding hydrogens is 284 g/mol. The van der Waals surface area contributed by atoms with E-state index >= 15 is 0 Å². The molecule has 112 valence electrons. The topological polar surface area (TPSA) is 66.0 Å². The fourth-order valence-electron chi connectivity index (χ4n) is 1.95. The summed E-state index contributed by atoms with van der Waals surface area (Å²) >= 11 is 1.51. The first-order valence-corrected chi connectivity index (χ1v) is 7.88. The van der Waals surface area contributed by atoms with E-state index in [1.54, 1.807) is 5.51 Å². The summed E-state index contributed by atoms with van der Waals surface area (Å²) < 4.78 is 0. The van der Waals surface area contributed by atoms with Crippen LogP contribution in [0.4, 0.5) is 10.5 Å². The predicted octanol–water partition coefficient (Wildman–Crippen LogP) is 3.14. The minimum absolute atomic E-state index is 0.226. The molecule has 2 rings (SSSR count). The normalized spacial score (nSPS) is 11.9. The molecule has 0 fully saturated rings. The average molecular weight is 304 g/mol. The molecule has 1 heterocycles. The third kappa shape index (κ3) is 4.84. The number of nitrogens with zero attached hydrogens (tertiary/aromatic N) is 1. The zero-order valence-electron chi connectivity index (χ0n) is 12.2. The highest BCUT2D eigenvalue weighted by Crippen LogP contribution is 2.15. The number of aromatic nitrogens is 1. The van der Waals surface area contributed by atoms with E-state index in [-0.39, 0.29) is 6.03 Å². The quantitative estimate of drug-likeness (QED) is 0.768. The number of benzene rings is 1. The highest BCUT2D eigenvalue weighted by molar-refractivity contribution is 7.07. The number of anilines is 1. The molecule has 6 heteroatoms. The molecule has 2 aromatic rings. The van der Waals surface area contributed by atoms with Crippen LogP contribution in [0.1, 0.15) is 31.1 Å². The average Bonchev–Trinajstić information content (AvgIpc) is 2.99. The van der Waals surface area contributed by atoms with Gasteiger partial charge in [-0.2, -0.15) is 0 Å². The van der Waals surface area contributed by atoms with Gasteiger partial charge in [0.05, 0.1) is 17.7 Å². The number of amides is 2. The Hall–Kier alpha value is -1.92. The zero-order chi connectivity index (χ0) is 15.1. The van der Waals surface area contributed by atoms with Crippen molar-refractivity contribution >= 4 is 23.1 Å². The van der Waals surface area contributed by atoms with Crippen LogP contribution in [0.5, 0.6) is 0 Å². The first-order chi connectivity index (χ1) is 10.2. The van der Waals surface area contributed by atoms with Crippen LogP contribution in [0.15, 0.2) is 35.2 Å². The molecule has 0 spiro atoms. The second kappa shape index (κ2) is 7.75. The molecule has 0 saturated carbocycles. The Labute approximate surface area is 128 Å². The van der Waals surface area contributed by atoms with Gasteiger partial charge in [0.1, 0.15) is 0 Å². The van der Waals surface area contributed by atoms with Gasteiger partial charge >= 0.3 is 6.03 Å². The van der Waals surface area contributed by atoms with Gasteiger partial charge in [-0.15, -0.1) is 11.3 Å². The minimum atomic E-state index is -0.226. The number of rotatable bonds is 6. The van der Waals surface area contributed by atoms with Crippen molar-refractivity contribution in [2.75, 3.05) is 11.9 Å². The molecule has 1 unspecified atom stereocenters. The Balaban J connectivity index is 1.83. The Morgan fingerprint density at radius 1 is 1.33 bits per heavy atom. The molecule has 0 saturated heterocycles. The van der Waals surface area contributed by atoms with Crippen molar-refractivity contribution in [1.82, 2.24) is 15.6 Å². The van der Waals surface area contributed by atoms with E-state index < -0.39 is 0 Å². The van der Waals surface area contributed by atoms with Gasteiger partial charge in [-0.05, 0) is 31.2 Å². The highest BCUT2D eigenvalue weighted by Gasteiger charge is 2.05. The lowest BCUT2D eigenvalue weighted by molar-refractivity contribution is 0.251. The Morgan fingerprint density at radius 2 is 2.10 bits per heavy atom. The van der Waals surface area contributed by atoms with E-state index in [4.69, 9.17) is 0 Å². The summed E-state index contributed by atoms with van der Waals surface area (Å²) in [4.78, 5) is 15.9. The van der Waals surface area contributed by atoms with Crippen LogP contribution in [0.2, 0.25) is 0 Å². The van der Waals surface area contributed by atoms with Crippen molar-refractivity contribution in [1.29, 1.82) is 0 Å². The highest BCUT2D eigenvalue weighted by atomic mass is 32.1. The molecule has 0 bridgehead atoms. The van der Waals surface area contributed by atoms with Gasteiger partial charge in [0, 0.05) is 17.1 Å². The van der Waals surface area contributed by atoms with E-state index in [9.17, 15) is 4.79 Å². The third-order valence-corrected chi connectivity index (χ3v) is 3.73. The maximum Gasteiger partial charge on any atom is 0.319 e. The van der Waals surface area contributed by atoms with Crippen molar-refractivity contribution in [3.63, 3.8) is 0 Å². The van der Waals surface area contributed by atoms with Crippen LogP contribution < -0.4 is 16.0 Å². The van der Waals surface area contributed by atoms with Gasteiger partial charge < -0.3 is 16.0 Å². The number of hydrogen-bond acceptors (Lipinski definition) is 4. The molecule has 21 heavy (non-hydrogen) atoms. The lowest BCUT2D eigenvalue weighted by Crippen LogP contribution is -2.28. The lowest BCUT2D eigenvalue weighted by atomic mass is 10.1. The van der Waals surface area contributed by atoms with Gasteiger partial charge in [0.15, 0.2) is 0 Å². The van der Waals surface area contributed by atoms with E-state index in [0.29, 0.717) is 12.6 Å². The van der Waals surface area contributed by atoms with Crippen molar-refractivity contribution < 1.29 is 4.79 Å². The van der Waals surface area contributed by atoms with Gasteiger partial charge in [0.2, 0.25) is 0 Å². The van der Waals surface area contributed by atoms with Crippen LogP contribution in [0, 0.1) is 0 Å². The number of nitrogens with one attached hydrogen (secondary N) is 3. The molecule has 0 radical (unpaired) electrons. The monoisotopic (exact) mass is 304 g/mol. The first-order valence-electron chi connectivity index (χ1n) is 6.94. The summed E-state index contributed by atoms with van der Waals surface area (Å²) in [6.07, 6.45) is 0. The SMILES string of the molecule is CCNC(C)c1ccc(NC(=O)NCc2cscn2)cc1. The largest absolute Gasteiger partial charge is 0.332 e. The number of carbonyl (C=O) groups is 1. The minimum Gasteiger partial charge on any atom is -0.332 e. The van der Waals surface area contributed by atoms with Crippen molar-refractivity contribution in [3.05, 3.63) is 46.4 Å². The van der Waals surface area contributed by atoms with Gasteiger partial charge in [-0.25, -0.2) is 9.78 Å². The second-order valence-corrected chi connectivity index (χ2v) is 5.41. The summed E-state index contributed by atoms with van der Waals surface area (Å²) in [6, 6.07) is 7.93. The standard InChI is InChI=1S/C15H20N4OS/c1-3-16-11(2)12-4-6-13(7-5-12)19-15(20)17-8-14-9-21-10-18-14/h4-7,9-11,16H,3,8H2,1-2H3,(H2,17,19,20). The zero-order valence-corrected chi connectivity index (χ0v) is 13.0. The van der Waals surface area contributed by atoms with Gasteiger partial charge in [-0.1, -0.05) is 19.1 Å². The van der Waals surface area contributed by atoms with Crippen LogP contribution in [0.3, 0.4) is 0 Å². The lowest BCUT2D eigenvalue weighted by Gasteiger charge is -2.13. The van der Waals surface area contributed by atoms with E-state index in [1.165, 1.54) is 16.9 Å². The molecule has 1 atom stereocenters. The fraction of sp³-hybridized carbons (Fsp3) is 0.333. The fourth-order valence-corrected chi connectivity index (χ4v) is 2.51. The molecule has 5 nitrogen and oxygen atoms in total. The smallest absolute Gasteiger partial charge is 0.319 e. The van der Waals surface area contributed by atoms with Crippen molar-refractivity contribution in [3.8, 4) is 0 Å². The molecule has 1 aromatic heterocycles. The molecule has 0 aliphatic heterocycles. The van der Waals surface area contributed by atoms with Crippen LogP contribution in [0.25, 0.3) is 0 Å². The summed E-state index contributed by atoms with van der Waals surface area (Å²) in [6.45, 7) is 5.57. The number of thiazole rings is 1. The molecule has 0 aliphatic carbocycles. The third-order valence-electron chi connectivity index (χ3n) is 3.09. The van der Waals surface area contributed by atoms with Crippen molar-refractivity contribution in [2.24, 2.45) is 0 Å². The van der Waals surface area contributed by atoms with E-state index in [1.807, 2.05) is 29.6 Å². The Morgan fingerprint density at radius 3 is 2.71 bits per heavy atom. The molecule has 2 amide bonds. The van der Waals surface area contributed by atoms with Gasteiger partial charge in [0.25, 0.3) is 0 Å². The number of carbonyl (C=O) groups excluding carboxylic acids is 1. The van der Waals surface area contributed by atoms with E-state index in [0.717, 1.165) is 17.9 Å². The maximum absolute atomic E-state index is 11.8. The Bertz CT molecular complexity index is 554. The van der Waals surface area contributed by atoms with Crippen LogP contribution >= 0.6 is 11.3 Å². The number of hydrogen-bond donors (Lipinski definition) is 3. The van der Waals surface area contributed by atoms with E-state index in [2.05, 4.69) is 34.8 Å². The summed E-state index contributed by atoms with van der Waals surface area (Å²) in [5, 5.41) is 10.8. The number of urea groups is 1. The summed E-state index contributed by atoms with van der Waals surface area (Å²) in [5.41, 5.74) is 4.59. The molecule has 0 aliphatic rings. The van der Waals surface area contributed by atoms with Crippen molar-refractivity contribution in [2.45, 2.75) is 26.4 Å². The van der Waals surface area contributed by atoms with Gasteiger partial charge in [-0.3, -0.25) is 0 Å². The van der Waals surface area contributed by atoms with Crippen LogP contribution in [-0.4, -0.2) is 17.6 Å². The molecule has 1 aromatic carbocycles.